The standard InChI is InChI=1S/C28H28N2O3S/c1-5-15-33-24-13-14-27-26(17-24)28(23-11-9-22(10-12-23)20(2)3)29-19-30(27)18-21-7-6-8-25(16-21)34(4,31)32/h1,6-14,16-17,20H,15,18-19H2,2-4H3. The fraction of sp³-hybridized carbons (Fsp3) is 0.250. The van der Waals surface area contributed by atoms with Crippen LogP contribution in [0.2, 0.25) is 0 Å². The number of fused-ring (bicyclic) bond motifs is 1. The predicted octanol–water partition coefficient (Wildman–Crippen LogP) is 5.04. The Labute approximate surface area is 202 Å². The van der Waals surface area contributed by atoms with Gasteiger partial charge in [0.05, 0.1) is 10.6 Å². The number of nitrogens with zero attached hydrogens (tertiary/aromatic N) is 2. The normalized spacial score (nSPS) is 13.3. The van der Waals surface area contributed by atoms with Crippen LogP contribution in [0.1, 0.15) is 42.0 Å². The Hall–Kier alpha value is -3.56. The van der Waals surface area contributed by atoms with Crippen LogP contribution < -0.4 is 9.64 Å². The minimum Gasteiger partial charge on any atom is -0.481 e. The molecule has 3 aromatic carbocycles. The maximum Gasteiger partial charge on any atom is 0.175 e. The van der Waals surface area contributed by atoms with Gasteiger partial charge < -0.3 is 9.64 Å². The first-order valence-corrected chi connectivity index (χ1v) is 13.0. The van der Waals surface area contributed by atoms with Crippen LogP contribution in [-0.4, -0.2) is 33.7 Å². The Balaban J connectivity index is 1.71. The van der Waals surface area contributed by atoms with Crippen LogP contribution >= 0.6 is 0 Å². The third kappa shape index (κ3) is 5.16. The van der Waals surface area contributed by atoms with Crippen LogP contribution in [0, 0.1) is 12.3 Å². The van der Waals surface area contributed by atoms with Crippen LogP contribution in [0.4, 0.5) is 5.69 Å². The van der Waals surface area contributed by atoms with Crippen molar-refractivity contribution in [1.29, 1.82) is 0 Å². The summed E-state index contributed by atoms with van der Waals surface area (Å²) in [5.74, 6) is 3.64. The first kappa shape index (κ1) is 23.6. The highest BCUT2D eigenvalue weighted by molar-refractivity contribution is 7.90. The third-order valence-electron chi connectivity index (χ3n) is 5.84. The molecule has 34 heavy (non-hydrogen) atoms. The van der Waals surface area contributed by atoms with Crippen LogP contribution in [-0.2, 0) is 16.4 Å². The second kappa shape index (κ2) is 9.74. The second-order valence-corrected chi connectivity index (χ2v) is 10.7. The largest absolute Gasteiger partial charge is 0.481 e. The van der Waals surface area contributed by atoms with Gasteiger partial charge in [-0.25, -0.2) is 8.42 Å². The lowest BCUT2D eigenvalue weighted by Gasteiger charge is -2.31. The summed E-state index contributed by atoms with van der Waals surface area (Å²) in [4.78, 5) is 7.36. The first-order chi connectivity index (χ1) is 16.3. The fourth-order valence-electron chi connectivity index (χ4n) is 4.02. The Morgan fingerprint density at radius 3 is 2.53 bits per heavy atom. The highest BCUT2D eigenvalue weighted by Crippen LogP contribution is 2.33. The van der Waals surface area contributed by atoms with Crippen molar-refractivity contribution in [1.82, 2.24) is 0 Å². The van der Waals surface area contributed by atoms with Crippen LogP contribution in [0.3, 0.4) is 0 Å². The van der Waals surface area contributed by atoms with Crippen molar-refractivity contribution in [3.8, 4) is 18.1 Å². The van der Waals surface area contributed by atoms with Gasteiger partial charge in [0.2, 0.25) is 0 Å². The first-order valence-electron chi connectivity index (χ1n) is 11.2. The molecule has 1 aliphatic heterocycles. The number of aliphatic imine (C=N–C) groups is 1. The lowest BCUT2D eigenvalue weighted by Crippen LogP contribution is -2.30. The highest BCUT2D eigenvalue weighted by atomic mass is 32.2. The smallest absolute Gasteiger partial charge is 0.175 e. The fourth-order valence-corrected chi connectivity index (χ4v) is 4.71. The summed E-state index contributed by atoms with van der Waals surface area (Å²) < 4.78 is 29.7. The van der Waals surface area contributed by atoms with E-state index in [4.69, 9.17) is 16.2 Å². The molecule has 0 saturated heterocycles. The van der Waals surface area contributed by atoms with Crippen molar-refractivity contribution in [2.75, 3.05) is 24.4 Å². The molecular formula is C28H28N2O3S. The van der Waals surface area contributed by atoms with Crippen LogP contribution in [0.25, 0.3) is 0 Å². The van der Waals surface area contributed by atoms with Gasteiger partial charge in [-0.15, -0.1) is 6.42 Å². The predicted molar refractivity (Wildman–Crippen MR) is 138 cm³/mol. The summed E-state index contributed by atoms with van der Waals surface area (Å²) >= 11 is 0. The molecule has 5 nitrogen and oxygen atoms in total. The number of hydrogen-bond acceptors (Lipinski definition) is 5. The summed E-state index contributed by atoms with van der Waals surface area (Å²) in [6, 6.07) is 21.4. The minimum absolute atomic E-state index is 0.191. The summed E-state index contributed by atoms with van der Waals surface area (Å²) in [5, 5.41) is 0. The van der Waals surface area contributed by atoms with E-state index in [0.717, 1.165) is 28.1 Å². The molecule has 0 amide bonds. The van der Waals surface area contributed by atoms with Crippen molar-refractivity contribution in [2.24, 2.45) is 4.99 Å². The van der Waals surface area contributed by atoms with Gasteiger partial charge in [0.1, 0.15) is 19.0 Å². The molecule has 0 fully saturated rings. The van der Waals surface area contributed by atoms with Crippen molar-refractivity contribution >= 4 is 21.2 Å². The average Bonchev–Trinajstić information content (AvgIpc) is 2.82. The van der Waals surface area contributed by atoms with Crippen molar-refractivity contribution < 1.29 is 13.2 Å². The minimum atomic E-state index is -3.27. The molecule has 0 bridgehead atoms. The molecular weight excluding hydrogens is 444 g/mol. The van der Waals surface area contributed by atoms with Crippen molar-refractivity contribution in [3.05, 3.63) is 89.0 Å². The van der Waals surface area contributed by atoms with Gasteiger partial charge in [0.15, 0.2) is 9.84 Å². The number of ether oxygens (including phenoxy) is 1. The van der Waals surface area contributed by atoms with E-state index >= 15 is 0 Å². The van der Waals surface area contributed by atoms with Gasteiger partial charge in [-0.05, 0) is 47.4 Å². The van der Waals surface area contributed by atoms with E-state index in [2.05, 4.69) is 48.9 Å². The summed E-state index contributed by atoms with van der Waals surface area (Å²) in [7, 11) is -3.27. The van der Waals surface area contributed by atoms with Gasteiger partial charge in [-0.2, -0.15) is 0 Å². The molecule has 0 saturated carbocycles. The Morgan fingerprint density at radius 1 is 1.09 bits per heavy atom. The van der Waals surface area contributed by atoms with E-state index < -0.39 is 9.84 Å². The van der Waals surface area contributed by atoms with E-state index in [9.17, 15) is 8.42 Å². The summed E-state index contributed by atoms with van der Waals surface area (Å²) in [5.41, 5.74) is 6.09. The van der Waals surface area contributed by atoms with Gasteiger partial charge in [-0.1, -0.05) is 56.2 Å². The van der Waals surface area contributed by atoms with E-state index in [-0.39, 0.29) is 6.61 Å². The zero-order valence-corrected chi connectivity index (χ0v) is 20.5. The molecule has 0 N–H and O–H groups in total. The maximum atomic E-state index is 12.0. The third-order valence-corrected chi connectivity index (χ3v) is 6.95. The Bertz CT molecular complexity index is 1370. The molecule has 0 aliphatic carbocycles. The van der Waals surface area contributed by atoms with E-state index in [1.165, 1.54) is 11.8 Å². The molecule has 0 spiro atoms. The van der Waals surface area contributed by atoms with Crippen LogP contribution in [0.5, 0.6) is 5.75 Å². The SMILES string of the molecule is C#CCOc1ccc2c(c1)C(c1ccc(C(C)C)cc1)=NCN2Cc1cccc(S(C)(=O)=O)c1. The average molecular weight is 473 g/mol. The van der Waals surface area contributed by atoms with Crippen molar-refractivity contribution in [3.63, 3.8) is 0 Å². The Kier molecular flexibility index (Phi) is 6.76. The van der Waals surface area contributed by atoms with Crippen LogP contribution in [0.15, 0.2) is 76.6 Å². The molecule has 0 unspecified atom stereocenters. The molecule has 4 rings (SSSR count). The highest BCUT2D eigenvalue weighted by Gasteiger charge is 2.23. The molecule has 1 aliphatic rings. The summed E-state index contributed by atoms with van der Waals surface area (Å²) in [6.07, 6.45) is 6.60. The number of sulfone groups is 1. The second-order valence-electron chi connectivity index (χ2n) is 8.71. The van der Waals surface area contributed by atoms with Gasteiger partial charge in [-0.3, -0.25) is 4.99 Å². The van der Waals surface area contributed by atoms with Gasteiger partial charge in [0.25, 0.3) is 0 Å². The molecule has 0 aromatic heterocycles. The zero-order valence-electron chi connectivity index (χ0n) is 19.7. The number of hydrogen-bond donors (Lipinski definition) is 0. The van der Waals surface area contributed by atoms with E-state index in [1.807, 2.05) is 24.3 Å². The number of benzene rings is 3. The van der Waals surface area contributed by atoms with Crippen molar-refractivity contribution in [2.45, 2.75) is 31.2 Å². The van der Waals surface area contributed by atoms with E-state index in [1.54, 1.807) is 18.2 Å². The summed E-state index contributed by atoms with van der Waals surface area (Å²) in [6.45, 7) is 5.53. The van der Waals surface area contributed by atoms with E-state index in [0.29, 0.717) is 29.8 Å². The molecule has 3 aromatic rings. The quantitative estimate of drug-likeness (QED) is 0.452. The van der Waals surface area contributed by atoms with Gasteiger partial charge in [0, 0.05) is 29.6 Å². The molecule has 1 heterocycles. The number of rotatable bonds is 7. The lowest BCUT2D eigenvalue weighted by atomic mass is 9.95. The monoisotopic (exact) mass is 472 g/mol. The lowest BCUT2D eigenvalue weighted by molar-refractivity contribution is 0.370. The topological polar surface area (TPSA) is 59.0 Å². The maximum absolute atomic E-state index is 12.0. The van der Waals surface area contributed by atoms with Gasteiger partial charge >= 0.3 is 0 Å². The number of terminal acetylenes is 1. The molecule has 6 heteroatoms. The zero-order chi connectivity index (χ0) is 24.3. The number of anilines is 1. The Morgan fingerprint density at radius 2 is 1.85 bits per heavy atom. The molecule has 174 valence electrons. The molecule has 0 radical (unpaired) electrons. The molecule has 0 atom stereocenters.